The van der Waals surface area contributed by atoms with E-state index in [1.54, 1.807) is 6.92 Å². The van der Waals surface area contributed by atoms with Crippen molar-refractivity contribution in [1.29, 1.82) is 0 Å². The monoisotopic (exact) mass is 408 g/mol. The van der Waals surface area contributed by atoms with Crippen LogP contribution in [0.25, 0.3) is 10.6 Å². The average molecular weight is 409 g/mol. The van der Waals surface area contributed by atoms with Crippen LogP contribution < -0.4 is 10.6 Å². The van der Waals surface area contributed by atoms with Crippen molar-refractivity contribution in [2.24, 2.45) is 0 Å². The minimum Gasteiger partial charge on any atom is -0.344 e. The summed E-state index contributed by atoms with van der Waals surface area (Å²) in [5.41, 5.74) is 3.02. The van der Waals surface area contributed by atoms with Crippen LogP contribution in [0, 0.1) is 6.92 Å². The number of rotatable bonds is 7. The van der Waals surface area contributed by atoms with Gasteiger partial charge in [-0.2, -0.15) is 0 Å². The van der Waals surface area contributed by atoms with E-state index >= 15 is 0 Å². The largest absolute Gasteiger partial charge is 0.344 e. The second-order valence-electron chi connectivity index (χ2n) is 6.87. The summed E-state index contributed by atoms with van der Waals surface area (Å²) < 4.78 is 0. The smallest absolute Gasteiger partial charge is 0.248 e. The molecule has 0 radical (unpaired) electrons. The summed E-state index contributed by atoms with van der Waals surface area (Å²) in [6.45, 7) is 5.63. The van der Waals surface area contributed by atoms with Crippen LogP contribution in [0.1, 0.15) is 37.3 Å². The number of anilines is 1. The summed E-state index contributed by atoms with van der Waals surface area (Å²) in [6, 6.07) is 16.8. The van der Waals surface area contributed by atoms with Gasteiger partial charge in [0, 0.05) is 5.56 Å². The molecular weight excluding hydrogens is 384 g/mol. The highest BCUT2D eigenvalue weighted by Gasteiger charge is 2.23. The summed E-state index contributed by atoms with van der Waals surface area (Å²) >= 11 is 1.30. The van der Waals surface area contributed by atoms with Crippen molar-refractivity contribution in [3.8, 4) is 10.6 Å². The van der Waals surface area contributed by atoms with Crippen molar-refractivity contribution in [3.63, 3.8) is 0 Å². The van der Waals surface area contributed by atoms with Crippen LogP contribution in [0.5, 0.6) is 0 Å². The van der Waals surface area contributed by atoms with Crippen molar-refractivity contribution in [3.05, 3.63) is 65.7 Å². The number of carbonyl (C=O) groups excluding carboxylic acids is 2. The molecule has 3 rings (SSSR count). The molecule has 0 spiro atoms. The maximum Gasteiger partial charge on any atom is 0.248 e. The third-order valence-electron chi connectivity index (χ3n) is 4.60. The minimum absolute atomic E-state index is 0.168. The number of aryl methyl sites for hydroxylation is 1. The van der Waals surface area contributed by atoms with Gasteiger partial charge in [-0.05, 0) is 31.9 Å². The molecule has 0 saturated carbocycles. The fourth-order valence-electron chi connectivity index (χ4n) is 3.02. The molecular formula is C22H24N4O2S. The molecule has 0 saturated heterocycles. The number of amides is 2. The molecule has 0 aliphatic carbocycles. The van der Waals surface area contributed by atoms with Crippen molar-refractivity contribution in [2.75, 3.05) is 5.32 Å². The molecule has 7 heteroatoms. The van der Waals surface area contributed by atoms with Crippen LogP contribution in [0.15, 0.2) is 54.6 Å². The third-order valence-corrected chi connectivity index (χ3v) is 5.49. The van der Waals surface area contributed by atoms with Gasteiger partial charge in [0.05, 0.1) is 5.92 Å². The summed E-state index contributed by atoms with van der Waals surface area (Å²) in [5, 5.41) is 14.9. The van der Waals surface area contributed by atoms with Gasteiger partial charge in [-0.25, -0.2) is 0 Å². The molecule has 6 nitrogen and oxygen atoms in total. The van der Waals surface area contributed by atoms with E-state index in [1.807, 2.05) is 68.4 Å². The molecule has 0 unspecified atom stereocenters. The lowest BCUT2D eigenvalue weighted by Crippen LogP contribution is -2.43. The van der Waals surface area contributed by atoms with Gasteiger partial charge in [0.2, 0.25) is 16.9 Å². The van der Waals surface area contributed by atoms with Crippen LogP contribution in [0.2, 0.25) is 0 Å². The first-order chi connectivity index (χ1) is 14.0. The molecule has 2 amide bonds. The number of nitrogens with one attached hydrogen (secondary N) is 2. The number of hydrogen-bond acceptors (Lipinski definition) is 5. The predicted octanol–water partition coefficient (Wildman–Crippen LogP) is 4.15. The molecule has 0 aliphatic rings. The molecule has 2 aromatic carbocycles. The first kappa shape index (κ1) is 20.7. The zero-order valence-corrected chi connectivity index (χ0v) is 17.5. The summed E-state index contributed by atoms with van der Waals surface area (Å²) in [5.74, 6) is -0.784. The number of aromatic nitrogens is 2. The van der Waals surface area contributed by atoms with Crippen LogP contribution in [0.3, 0.4) is 0 Å². The molecule has 2 N–H and O–H groups in total. The SMILES string of the molecule is CC[C@H](C(=O)N[C@H](C)C(=O)Nc1nnc(-c2cccc(C)c2)s1)c1ccccc1. The molecule has 1 aromatic heterocycles. The Bertz CT molecular complexity index is 987. The average Bonchev–Trinajstić information content (AvgIpc) is 3.18. The standard InChI is InChI=1S/C22H24N4O2S/c1-4-18(16-10-6-5-7-11-16)20(28)23-15(3)19(27)24-22-26-25-21(29-22)17-12-8-9-14(2)13-17/h5-13,15,18H,4H2,1-3H3,(H,23,28)(H,24,26,27)/t15-,18+/m1/s1. The van der Waals surface area contributed by atoms with Gasteiger partial charge in [0.15, 0.2) is 0 Å². The first-order valence-corrected chi connectivity index (χ1v) is 10.4. The molecule has 3 aromatic rings. The summed E-state index contributed by atoms with van der Waals surface area (Å²) in [7, 11) is 0. The number of benzene rings is 2. The molecule has 1 heterocycles. The van der Waals surface area contributed by atoms with Crippen LogP contribution in [0.4, 0.5) is 5.13 Å². The highest BCUT2D eigenvalue weighted by Crippen LogP contribution is 2.27. The number of nitrogens with zero attached hydrogens (tertiary/aromatic N) is 2. The fourth-order valence-corrected chi connectivity index (χ4v) is 3.76. The Balaban J connectivity index is 1.61. The second-order valence-corrected chi connectivity index (χ2v) is 7.85. The second kappa shape index (κ2) is 9.43. The van der Waals surface area contributed by atoms with Gasteiger partial charge in [0.1, 0.15) is 11.0 Å². The third kappa shape index (κ3) is 5.26. The summed E-state index contributed by atoms with van der Waals surface area (Å²) in [6.07, 6.45) is 0.653. The van der Waals surface area contributed by atoms with E-state index < -0.39 is 6.04 Å². The van der Waals surface area contributed by atoms with Gasteiger partial charge >= 0.3 is 0 Å². The normalized spacial score (nSPS) is 12.8. The van der Waals surface area contributed by atoms with E-state index in [1.165, 1.54) is 11.3 Å². The Labute approximate surface area is 174 Å². The van der Waals surface area contributed by atoms with Crippen LogP contribution in [-0.4, -0.2) is 28.1 Å². The van der Waals surface area contributed by atoms with E-state index in [9.17, 15) is 9.59 Å². The Morgan fingerprint density at radius 2 is 1.79 bits per heavy atom. The first-order valence-electron chi connectivity index (χ1n) is 9.54. The highest BCUT2D eigenvalue weighted by molar-refractivity contribution is 7.18. The zero-order chi connectivity index (χ0) is 20.8. The maximum atomic E-state index is 12.6. The maximum absolute atomic E-state index is 12.6. The Morgan fingerprint density at radius 1 is 1.03 bits per heavy atom. The van der Waals surface area contributed by atoms with Gasteiger partial charge in [-0.15, -0.1) is 10.2 Å². The van der Waals surface area contributed by atoms with E-state index in [4.69, 9.17) is 0 Å². The van der Waals surface area contributed by atoms with Crippen molar-refractivity contribution in [1.82, 2.24) is 15.5 Å². The molecule has 0 fully saturated rings. The number of hydrogen-bond donors (Lipinski definition) is 2. The molecule has 0 aliphatic heterocycles. The summed E-state index contributed by atoms with van der Waals surface area (Å²) in [4.78, 5) is 25.2. The van der Waals surface area contributed by atoms with E-state index in [0.29, 0.717) is 11.6 Å². The molecule has 0 bridgehead atoms. The van der Waals surface area contributed by atoms with Gasteiger partial charge in [-0.1, -0.05) is 72.4 Å². The van der Waals surface area contributed by atoms with Crippen molar-refractivity contribution in [2.45, 2.75) is 39.2 Å². The van der Waals surface area contributed by atoms with E-state index in [2.05, 4.69) is 20.8 Å². The fraction of sp³-hybridized carbons (Fsp3) is 0.273. The Hall–Kier alpha value is -3.06. The van der Waals surface area contributed by atoms with Gasteiger partial charge in [-0.3, -0.25) is 14.9 Å². The quantitative estimate of drug-likeness (QED) is 0.615. The lowest BCUT2D eigenvalue weighted by atomic mass is 9.95. The Kier molecular flexibility index (Phi) is 6.72. The molecule has 2 atom stereocenters. The minimum atomic E-state index is -0.688. The van der Waals surface area contributed by atoms with Crippen LogP contribution in [-0.2, 0) is 9.59 Å². The molecule has 29 heavy (non-hydrogen) atoms. The zero-order valence-electron chi connectivity index (χ0n) is 16.7. The topological polar surface area (TPSA) is 84.0 Å². The van der Waals surface area contributed by atoms with E-state index in [-0.39, 0.29) is 17.7 Å². The predicted molar refractivity (Wildman–Crippen MR) is 116 cm³/mol. The van der Waals surface area contributed by atoms with Gasteiger partial charge in [0.25, 0.3) is 0 Å². The highest BCUT2D eigenvalue weighted by atomic mass is 32.1. The van der Waals surface area contributed by atoms with Crippen LogP contribution >= 0.6 is 11.3 Å². The number of carbonyl (C=O) groups is 2. The Morgan fingerprint density at radius 3 is 2.48 bits per heavy atom. The lowest BCUT2D eigenvalue weighted by molar-refractivity contribution is -0.127. The van der Waals surface area contributed by atoms with E-state index in [0.717, 1.165) is 21.7 Å². The van der Waals surface area contributed by atoms with Crippen molar-refractivity contribution < 1.29 is 9.59 Å². The lowest BCUT2D eigenvalue weighted by Gasteiger charge is -2.19. The van der Waals surface area contributed by atoms with Crippen molar-refractivity contribution >= 4 is 28.3 Å². The molecule has 150 valence electrons. The van der Waals surface area contributed by atoms with Gasteiger partial charge < -0.3 is 5.32 Å².